The minimum atomic E-state index is -4.84. The van der Waals surface area contributed by atoms with Crippen LogP contribution in [0.15, 0.2) is 37.1 Å². The van der Waals surface area contributed by atoms with E-state index in [0.717, 1.165) is 12.1 Å². The third kappa shape index (κ3) is 7.32. The van der Waals surface area contributed by atoms with Crippen LogP contribution in [0.25, 0.3) is 11.1 Å². The average Bonchev–Trinajstić information content (AvgIpc) is 2.77. The van der Waals surface area contributed by atoms with Crippen molar-refractivity contribution in [1.29, 1.82) is 0 Å². The Morgan fingerprint density at radius 3 is 2.53 bits per heavy atom. The number of benzene rings is 1. The Labute approximate surface area is 185 Å². The monoisotopic (exact) mass is 450 g/mol. The highest BCUT2D eigenvalue weighted by Crippen LogP contribution is 2.36. The van der Waals surface area contributed by atoms with Crippen molar-refractivity contribution in [3.8, 4) is 34.8 Å². The molecule has 172 valence electrons. The molecule has 0 spiro atoms. The van der Waals surface area contributed by atoms with Gasteiger partial charge in [-0.15, -0.1) is 13.2 Å². The predicted molar refractivity (Wildman–Crippen MR) is 114 cm³/mol. The molecule has 9 heteroatoms. The van der Waals surface area contributed by atoms with E-state index in [1.165, 1.54) is 12.3 Å². The molecule has 0 aliphatic heterocycles. The van der Waals surface area contributed by atoms with Gasteiger partial charge in [-0.05, 0) is 36.3 Å². The first-order valence-corrected chi connectivity index (χ1v) is 9.67. The molecule has 1 heterocycles. The minimum Gasteiger partial charge on any atom is -0.407 e. The van der Waals surface area contributed by atoms with Gasteiger partial charge in [0.2, 0.25) is 11.8 Å². The highest BCUT2D eigenvalue weighted by Gasteiger charge is 2.31. The molecule has 2 aromatic rings. The van der Waals surface area contributed by atoms with E-state index in [2.05, 4.69) is 33.6 Å². The standard InChI is InChI=1S/C21H19F3N2O4.C2H6/c1-4-8-29-20-13(3)16(9-15(17(20)12-27)11-25-18(28)5-2)14-6-7-19(26-10-14)30-21(22,23)24;1-2/h5-7,9-10,27H,2,11-12H2,1,3H3,(H,25,28);1-2H3. The van der Waals surface area contributed by atoms with Gasteiger partial charge in [0, 0.05) is 42.4 Å². The number of carbonyl (C=O) groups excluding carboxylic acids is 1. The Bertz CT molecular complexity index is 992. The molecule has 0 saturated heterocycles. The van der Waals surface area contributed by atoms with Gasteiger partial charge in [-0.1, -0.05) is 26.3 Å². The van der Waals surface area contributed by atoms with Crippen LogP contribution in [0.2, 0.25) is 0 Å². The van der Waals surface area contributed by atoms with Gasteiger partial charge in [-0.3, -0.25) is 4.79 Å². The fourth-order valence-corrected chi connectivity index (χ4v) is 2.71. The van der Waals surface area contributed by atoms with Crippen molar-refractivity contribution in [1.82, 2.24) is 10.3 Å². The Morgan fingerprint density at radius 2 is 2.03 bits per heavy atom. The summed E-state index contributed by atoms with van der Waals surface area (Å²) in [5.74, 6) is 1.88. The van der Waals surface area contributed by atoms with E-state index in [9.17, 15) is 23.1 Å². The van der Waals surface area contributed by atoms with E-state index >= 15 is 0 Å². The van der Waals surface area contributed by atoms with E-state index in [1.807, 2.05) is 13.8 Å². The third-order valence-electron chi connectivity index (χ3n) is 4.04. The molecular formula is C23H25F3N2O4. The zero-order valence-corrected chi connectivity index (χ0v) is 18.3. The molecule has 0 aliphatic carbocycles. The van der Waals surface area contributed by atoms with Crippen LogP contribution in [0.1, 0.15) is 37.5 Å². The fraction of sp³-hybridized carbons (Fsp3) is 0.304. The Morgan fingerprint density at radius 1 is 1.34 bits per heavy atom. The lowest BCUT2D eigenvalue weighted by atomic mass is 9.94. The number of rotatable bonds is 7. The molecule has 0 atom stereocenters. The third-order valence-corrected chi connectivity index (χ3v) is 4.04. The number of aromatic nitrogens is 1. The molecule has 32 heavy (non-hydrogen) atoms. The summed E-state index contributed by atoms with van der Waals surface area (Å²) in [5, 5.41) is 12.5. The van der Waals surface area contributed by atoms with Crippen LogP contribution in [-0.2, 0) is 17.9 Å². The smallest absolute Gasteiger partial charge is 0.407 e. The molecular weight excluding hydrogens is 425 g/mol. The Balaban J connectivity index is 0.00000249. The van der Waals surface area contributed by atoms with E-state index in [4.69, 9.17) is 4.74 Å². The summed E-state index contributed by atoms with van der Waals surface area (Å²) in [6.45, 7) is 10.4. The zero-order valence-electron chi connectivity index (χ0n) is 18.3. The van der Waals surface area contributed by atoms with Gasteiger partial charge in [-0.25, -0.2) is 4.98 Å². The second-order valence-corrected chi connectivity index (χ2v) is 5.98. The summed E-state index contributed by atoms with van der Waals surface area (Å²) >= 11 is 0. The van der Waals surface area contributed by atoms with Crippen LogP contribution in [0, 0.1) is 19.0 Å². The molecule has 2 N–H and O–H groups in total. The normalized spacial score (nSPS) is 10.1. The lowest BCUT2D eigenvalue weighted by molar-refractivity contribution is -0.276. The molecule has 2 rings (SSSR count). The average molecular weight is 450 g/mol. The van der Waals surface area contributed by atoms with Crippen molar-refractivity contribution in [2.24, 2.45) is 0 Å². The number of carbonyl (C=O) groups is 1. The quantitative estimate of drug-likeness (QED) is 0.475. The van der Waals surface area contributed by atoms with E-state index in [-0.39, 0.29) is 13.2 Å². The van der Waals surface area contributed by atoms with Crippen molar-refractivity contribution < 1.29 is 32.5 Å². The van der Waals surface area contributed by atoms with Crippen molar-refractivity contribution in [2.75, 3.05) is 0 Å². The number of halogens is 3. The number of amides is 1. The SMILES string of the molecule is C=CC(=O)NCc1cc(-c2ccc(OC(F)(F)F)nc2)c(C)c(OC#CC)c1CO.CC. The Hall–Kier alpha value is -3.51. The van der Waals surface area contributed by atoms with Crippen LogP contribution in [0.4, 0.5) is 13.2 Å². The van der Waals surface area contributed by atoms with Gasteiger partial charge in [0.25, 0.3) is 0 Å². The first-order chi connectivity index (χ1) is 15.2. The van der Waals surface area contributed by atoms with Crippen LogP contribution in [0.3, 0.4) is 0 Å². The number of hydrogen-bond acceptors (Lipinski definition) is 5. The molecule has 0 saturated carbocycles. The number of nitrogens with one attached hydrogen (secondary N) is 1. The molecule has 0 aliphatic rings. The van der Waals surface area contributed by atoms with Gasteiger partial charge in [0.1, 0.15) is 11.9 Å². The van der Waals surface area contributed by atoms with Crippen LogP contribution >= 0.6 is 0 Å². The predicted octanol–water partition coefficient (Wildman–Crippen LogP) is 4.64. The maximum atomic E-state index is 12.4. The minimum absolute atomic E-state index is 0.0621. The summed E-state index contributed by atoms with van der Waals surface area (Å²) in [6, 6.07) is 4.20. The van der Waals surface area contributed by atoms with Crippen molar-refractivity contribution in [3.05, 3.63) is 53.7 Å². The second kappa shape index (κ2) is 12.4. The van der Waals surface area contributed by atoms with Crippen molar-refractivity contribution >= 4 is 5.91 Å². The lowest BCUT2D eigenvalue weighted by Crippen LogP contribution is -2.21. The molecule has 0 radical (unpaired) electrons. The number of ether oxygens (including phenoxy) is 2. The van der Waals surface area contributed by atoms with Crippen LogP contribution < -0.4 is 14.8 Å². The van der Waals surface area contributed by atoms with E-state index in [0.29, 0.717) is 33.6 Å². The van der Waals surface area contributed by atoms with Gasteiger partial charge >= 0.3 is 6.36 Å². The van der Waals surface area contributed by atoms with Crippen molar-refractivity contribution in [2.45, 2.75) is 47.2 Å². The summed E-state index contributed by atoms with van der Waals surface area (Å²) in [4.78, 5) is 15.2. The first-order valence-electron chi connectivity index (χ1n) is 9.67. The van der Waals surface area contributed by atoms with Crippen LogP contribution in [-0.4, -0.2) is 22.4 Å². The maximum Gasteiger partial charge on any atom is 0.574 e. The zero-order chi connectivity index (χ0) is 24.3. The number of aliphatic hydroxyl groups is 1. The van der Waals surface area contributed by atoms with Gasteiger partial charge in [0.05, 0.1) is 6.61 Å². The highest BCUT2D eigenvalue weighted by atomic mass is 19.4. The topological polar surface area (TPSA) is 80.7 Å². The van der Waals surface area contributed by atoms with Gasteiger partial charge in [0.15, 0.2) is 0 Å². The second-order valence-electron chi connectivity index (χ2n) is 5.98. The highest BCUT2D eigenvalue weighted by molar-refractivity contribution is 5.86. The number of pyridine rings is 1. The molecule has 0 fully saturated rings. The van der Waals surface area contributed by atoms with Crippen LogP contribution in [0.5, 0.6) is 11.6 Å². The molecule has 1 aromatic heterocycles. The van der Waals surface area contributed by atoms with Gasteiger partial charge < -0.3 is 19.9 Å². The summed E-state index contributed by atoms with van der Waals surface area (Å²) in [5.41, 5.74) is 2.61. The molecule has 1 amide bonds. The largest absolute Gasteiger partial charge is 0.574 e. The number of hydrogen-bond donors (Lipinski definition) is 2. The first kappa shape index (κ1) is 26.5. The molecule has 1 aromatic carbocycles. The lowest BCUT2D eigenvalue weighted by Gasteiger charge is -2.18. The summed E-state index contributed by atoms with van der Waals surface area (Å²) < 4.78 is 46.4. The molecule has 6 nitrogen and oxygen atoms in total. The number of alkyl halides is 3. The number of nitrogens with zero attached hydrogens (tertiary/aromatic N) is 1. The maximum absolute atomic E-state index is 12.4. The number of aliphatic hydroxyl groups excluding tert-OH is 1. The molecule has 0 unspecified atom stereocenters. The van der Waals surface area contributed by atoms with Crippen molar-refractivity contribution in [3.63, 3.8) is 0 Å². The van der Waals surface area contributed by atoms with E-state index in [1.54, 1.807) is 19.9 Å². The van der Waals surface area contributed by atoms with E-state index < -0.39 is 18.1 Å². The Kier molecular flexibility index (Phi) is 10.3. The van der Waals surface area contributed by atoms with Gasteiger partial charge in [-0.2, -0.15) is 0 Å². The molecule has 0 bridgehead atoms. The summed E-state index contributed by atoms with van der Waals surface area (Å²) in [7, 11) is 0. The fourth-order valence-electron chi connectivity index (χ4n) is 2.71. The summed E-state index contributed by atoms with van der Waals surface area (Å²) in [6.07, 6.45) is -0.0383.